The number of hydrogen-bond acceptors (Lipinski definition) is 3. The predicted octanol–water partition coefficient (Wildman–Crippen LogP) is 3.12. The highest BCUT2D eigenvalue weighted by atomic mass is 35.5. The third-order valence-corrected chi connectivity index (χ3v) is 5.45. The molecule has 5 nitrogen and oxygen atoms in total. The number of anilines is 1. The smallest absolute Gasteiger partial charge is 0.240 e. The van der Waals surface area contributed by atoms with E-state index in [4.69, 9.17) is 11.6 Å². The van der Waals surface area contributed by atoms with E-state index in [2.05, 4.69) is 4.72 Å². The fraction of sp³-hybridized carbons (Fsp3) is 0.235. The number of amides is 1. The molecule has 0 radical (unpaired) electrons. The van der Waals surface area contributed by atoms with Crippen molar-refractivity contribution in [1.82, 2.24) is 4.72 Å². The van der Waals surface area contributed by atoms with Gasteiger partial charge in [-0.05, 0) is 55.0 Å². The van der Waals surface area contributed by atoms with E-state index in [-0.39, 0.29) is 23.9 Å². The first-order valence-corrected chi connectivity index (χ1v) is 9.36. The van der Waals surface area contributed by atoms with E-state index in [0.29, 0.717) is 16.3 Å². The van der Waals surface area contributed by atoms with Gasteiger partial charge in [-0.1, -0.05) is 11.6 Å². The summed E-state index contributed by atoms with van der Waals surface area (Å²) in [6.45, 7) is 3.08. The molecule has 0 aliphatic heterocycles. The van der Waals surface area contributed by atoms with E-state index in [0.717, 1.165) is 12.1 Å². The predicted molar refractivity (Wildman–Crippen MR) is 95.8 cm³/mol. The number of hydrogen-bond donors (Lipinski definition) is 1. The Labute approximate surface area is 151 Å². The molecule has 0 atom stereocenters. The van der Waals surface area contributed by atoms with Crippen molar-refractivity contribution < 1.29 is 17.6 Å². The molecule has 134 valence electrons. The monoisotopic (exact) mass is 384 g/mol. The van der Waals surface area contributed by atoms with Crippen LogP contribution < -0.4 is 9.62 Å². The number of aryl methyl sites for hydroxylation is 1. The minimum absolute atomic E-state index is 0.00904. The first-order valence-electron chi connectivity index (χ1n) is 7.50. The quantitative estimate of drug-likeness (QED) is 0.832. The van der Waals surface area contributed by atoms with Crippen LogP contribution in [0.25, 0.3) is 0 Å². The molecule has 0 aliphatic carbocycles. The maximum absolute atomic E-state index is 13.1. The van der Waals surface area contributed by atoms with E-state index in [1.807, 2.05) is 0 Å². The maximum Gasteiger partial charge on any atom is 0.240 e. The maximum atomic E-state index is 13.1. The SMILES string of the molecule is CC(=O)N(CCNS(=O)(=O)c1ccc(F)cc1C)c1ccc(Cl)cc1. The van der Waals surface area contributed by atoms with Crippen molar-refractivity contribution in [3.8, 4) is 0 Å². The third kappa shape index (κ3) is 5.01. The lowest BCUT2D eigenvalue weighted by Crippen LogP contribution is -2.37. The molecule has 0 aliphatic rings. The summed E-state index contributed by atoms with van der Waals surface area (Å²) in [7, 11) is -3.79. The lowest BCUT2D eigenvalue weighted by atomic mass is 10.2. The minimum Gasteiger partial charge on any atom is -0.311 e. The summed E-state index contributed by atoms with van der Waals surface area (Å²) < 4.78 is 40.2. The second-order valence-electron chi connectivity index (χ2n) is 5.45. The van der Waals surface area contributed by atoms with Crippen LogP contribution in [0.1, 0.15) is 12.5 Å². The molecule has 2 aromatic rings. The summed E-state index contributed by atoms with van der Waals surface area (Å²) in [5.41, 5.74) is 0.933. The Morgan fingerprint density at radius 1 is 1.20 bits per heavy atom. The highest BCUT2D eigenvalue weighted by molar-refractivity contribution is 7.89. The van der Waals surface area contributed by atoms with Crippen LogP contribution in [0.2, 0.25) is 5.02 Å². The molecule has 2 aromatic carbocycles. The van der Waals surface area contributed by atoms with Crippen LogP contribution in [0.5, 0.6) is 0 Å². The molecule has 0 aromatic heterocycles. The Kier molecular flexibility index (Phi) is 6.16. The summed E-state index contributed by atoms with van der Waals surface area (Å²) >= 11 is 5.83. The molecule has 0 unspecified atom stereocenters. The second-order valence-corrected chi connectivity index (χ2v) is 7.63. The summed E-state index contributed by atoms with van der Waals surface area (Å²) in [4.78, 5) is 13.3. The average molecular weight is 385 g/mol. The first-order chi connectivity index (χ1) is 11.7. The summed E-state index contributed by atoms with van der Waals surface area (Å²) in [6.07, 6.45) is 0. The van der Waals surface area contributed by atoms with Gasteiger partial charge in [0.05, 0.1) is 4.90 Å². The molecular weight excluding hydrogens is 367 g/mol. The van der Waals surface area contributed by atoms with Gasteiger partial charge in [0, 0.05) is 30.7 Å². The van der Waals surface area contributed by atoms with Crippen molar-refractivity contribution in [2.45, 2.75) is 18.7 Å². The summed E-state index contributed by atoms with van der Waals surface area (Å²) in [5.74, 6) is -0.721. The fourth-order valence-electron chi connectivity index (χ4n) is 2.37. The van der Waals surface area contributed by atoms with E-state index < -0.39 is 15.8 Å². The number of carbonyl (C=O) groups excluding carboxylic acids is 1. The minimum atomic E-state index is -3.79. The second kappa shape index (κ2) is 7.95. The van der Waals surface area contributed by atoms with E-state index >= 15 is 0 Å². The lowest BCUT2D eigenvalue weighted by molar-refractivity contribution is -0.116. The van der Waals surface area contributed by atoms with Gasteiger partial charge in [0.25, 0.3) is 0 Å². The fourth-order valence-corrected chi connectivity index (χ4v) is 3.74. The zero-order valence-electron chi connectivity index (χ0n) is 13.8. The molecule has 0 fully saturated rings. The zero-order chi connectivity index (χ0) is 18.6. The highest BCUT2D eigenvalue weighted by Crippen LogP contribution is 2.19. The van der Waals surface area contributed by atoms with Gasteiger partial charge < -0.3 is 4.90 Å². The Bertz CT molecular complexity index is 870. The van der Waals surface area contributed by atoms with Crippen molar-refractivity contribution >= 4 is 33.2 Å². The molecule has 0 saturated carbocycles. The van der Waals surface area contributed by atoms with Gasteiger partial charge in [-0.2, -0.15) is 0 Å². The molecular formula is C17H18ClFN2O3S. The van der Waals surface area contributed by atoms with Crippen LogP contribution in [0.15, 0.2) is 47.4 Å². The van der Waals surface area contributed by atoms with Gasteiger partial charge in [-0.25, -0.2) is 17.5 Å². The van der Waals surface area contributed by atoms with Crippen LogP contribution in [-0.2, 0) is 14.8 Å². The normalized spacial score (nSPS) is 11.4. The topological polar surface area (TPSA) is 66.5 Å². The van der Waals surface area contributed by atoms with Crippen LogP contribution in [0.3, 0.4) is 0 Å². The van der Waals surface area contributed by atoms with E-state index in [1.165, 1.54) is 24.8 Å². The standard InChI is InChI=1S/C17H18ClFN2O3S/c1-12-11-15(19)5-8-17(12)25(23,24)20-9-10-21(13(2)22)16-6-3-14(18)4-7-16/h3-8,11,20H,9-10H2,1-2H3. The van der Waals surface area contributed by atoms with Crippen molar-refractivity contribution in [3.05, 3.63) is 58.9 Å². The Morgan fingerprint density at radius 3 is 2.40 bits per heavy atom. The Hall–Kier alpha value is -1.96. The molecule has 0 heterocycles. The number of rotatable bonds is 6. The van der Waals surface area contributed by atoms with Gasteiger partial charge >= 0.3 is 0 Å². The highest BCUT2D eigenvalue weighted by Gasteiger charge is 2.18. The van der Waals surface area contributed by atoms with Gasteiger partial charge in [0.2, 0.25) is 15.9 Å². The third-order valence-electron chi connectivity index (χ3n) is 3.57. The Morgan fingerprint density at radius 2 is 1.84 bits per heavy atom. The van der Waals surface area contributed by atoms with E-state index in [1.54, 1.807) is 24.3 Å². The van der Waals surface area contributed by atoms with Crippen LogP contribution >= 0.6 is 11.6 Å². The molecule has 8 heteroatoms. The number of halogens is 2. The number of carbonyl (C=O) groups is 1. The zero-order valence-corrected chi connectivity index (χ0v) is 15.4. The van der Waals surface area contributed by atoms with Crippen molar-refractivity contribution in [3.63, 3.8) is 0 Å². The molecule has 1 amide bonds. The van der Waals surface area contributed by atoms with Crippen LogP contribution in [0.4, 0.5) is 10.1 Å². The van der Waals surface area contributed by atoms with Crippen molar-refractivity contribution in [2.24, 2.45) is 0 Å². The molecule has 1 N–H and O–H groups in total. The van der Waals surface area contributed by atoms with Gasteiger partial charge in [0.1, 0.15) is 5.82 Å². The summed E-state index contributed by atoms with van der Waals surface area (Å²) in [6, 6.07) is 10.1. The molecule has 2 rings (SSSR count). The Balaban J connectivity index is 2.08. The average Bonchev–Trinajstić information content (AvgIpc) is 2.52. The largest absolute Gasteiger partial charge is 0.311 e. The van der Waals surface area contributed by atoms with Crippen molar-refractivity contribution in [2.75, 3.05) is 18.0 Å². The molecule has 0 saturated heterocycles. The van der Waals surface area contributed by atoms with E-state index in [9.17, 15) is 17.6 Å². The number of nitrogens with zero attached hydrogens (tertiary/aromatic N) is 1. The lowest BCUT2D eigenvalue weighted by Gasteiger charge is -2.21. The van der Waals surface area contributed by atoms with Crippen molar-refractivity contribution in [1.29, 1.82) is 0 Å². The first kappa shape index (κ1) is 19.4. The van der Waals surface area contributed by atoms with Gasteiger partial charge in [0.15, 0.2) is 0 Å². The van der Waals surface area contributed by atoms with Crippen LogP contribution in [0, 0.1) is 12.7 Å². The van der Waals surface area contributed by atoms with Gasteiger partial charge in [-0.15, -0.1) is 0 Å². The van der Waals surface area contributed by atoms with Gasteiger partial charge in [-0.3, -0.25) is 4.79 Å². The van der Waals surface area contributed by atoms with Crippen LogP contribution in [-0.4, -0.2) is 27.4 Å². The molecule has 25 heavy (non-hydrogen) atoms. The molecule has 0 bridgehead atoms. The number of benzene rings is 2. The number of nitrogens with one attached hydrogen (secondary N) is 1. The molecule has 0 spiro atoms. The number of sulfonamides is 1. The summed E-state index contributed by atoms with van der Waals surface area (Å²) in [5, 5.41) is 0.541.